The molecule has 8 heteroatoms. The summed E-state index contributed by atoms with van der Waals surface area (Å²) in [5.74, 6) is -0.371. The van der Waals surface area contributed by atoms with E-state index in [2.05, 4.69) is 37.1 Å². The zero-order valence-corrected chi connectivity index (χ0v) is 16.8. The lowest BCUT2D eigenvalue weighted by Crippen LogP contribution is -2.36. The van der Waals surface area contributed by atoms with Crippen LogP contribution >= 0.6 is 0 Å². The van der Waals surface area contributed by atoms with Crippen molar-refractivity contribution in [1.29, 1.82) is 0 Å². The van der Waals surface area contributed by atoms with Gasteiger partial charge in [0.15, 0.2) is 5.69 Å². The fourth-order valence-corrected chi connectivity index (χ4v) is 4.00. The van der Waals surface area contributed by atoms with E-state index in [-0.39, 0.29) is 24.3 Å². The largest absolute Gasteiger partial charge is 0.371 e. The predicted molar refractivity (Wildman–Crippen MR) is 112 cm³/mol. The molecule has 154 valence electrons. The van der Waals surface area contributed by atoms with Crippen LogP contribution in [-0.4, -0.2) is 47.7 Å². The van der Waals surface area contributed by atoms with Crippen molar-refractivity contribution in [3.05, 3.63) is 41.2 Å². The van der Waals surface area contributed by atoms with E-state index < -0.39 is 0 Å². The van der Waals surface area contributed by atoms with Gasteiger partial charge < -0.3 is 20.9 Å². The van der Waals surface area contributed by atoms with Gasteiger partial charge in [0.1, 0.15) is 0 Å². The van der Waals surface area contributed by atoms with Crippen LogP contribution in [0.15, 0.2) is 24.3 Å². The first-order valence-corrected chi connectivity index (χ1v) is 10.3. The first-order chi connectivity index (χ1) is 14.1. The van der Waals surface area contributed by atoms with Crippen molar-refractivity contribution in [3.8, 4) is 0 Å². The summed E-state index contributed by atoms with van der Waals surface area (Å²) >= 11 is 0. The SMILES string of the molecule is CC(CC(=O)Nc1cccc(N2CCCC2)c1)NC(=O)c1n[nH]c2c1CNCC2. The molecule has 2 aliphatic heterocycles. The Bertz CT molecular complexity index is 887. The van der Waals surface area contributed by atoms with E-state index >= 15 is 0 Å². The lowest BCUT2D eigenvalue weighted by molar-refractivity contribution is -0.116. The lowest BCUT2D eigenvalue weighted by Gasteiger charge is -2.19. The van der Waals surface area contributed by atoms with Gasteiger partial charge in [0.05, 0.1) is 0 Å². The van der Waals surface area contributed by atoms with Gasteiger partial charge in [-0.2, -0.15) is 5.10 Å². The molecule has 2 aliphatic rings. The van der Waals surface area contributed by atoms with Crippen molar-refractivity contribution in [2.45, 2.75) is 45.2 Å². The molecule has 0 bridgehead atoms. The van der Waals surface area contributed by atoms with Gasteiger partial charge in [-0.3, -0.25) is 14.7 Å². The molecule has 3 heterocycles. The second-order valence-corrected chi connectivity index (χ2v) is 7.83. The van der Waals surface area contributed by atoms with E-state index in [1.165, 1.54) is 12.8 Å². The molecule has 1 aromatic carbocycles. The number of carbonyl (C=O) groups excluding carboxylic acids is 2. The predicted octanol–water partition coefficient (Wildman–Crippen LogP) is 1.80. The van der Waals surface area contributed by atoms with Crippen molar-refractivity contribution in [1.82, 2.24) is 20.8 Å². The number of aromatic nitrogens is 2. The Kier molecular flexibility index (Phi) is 5.80. The summed E-state index contributed by atoms with van der Waals surface area (Å²) in [7, 11) is 0. The molecule has 0 spiro atoms. The van der Waals surface area contributed by atoms with Gasteiger partial charge in [0.25, 0.3) is 5.91 Å². The highest BCUT2D eigenvalue weighted by Gasteiger charge is 2.23. The fourth-order valence-electron chi connectivity index (χ4n) is 4.00. The normalized spacial score (nSPS) is 16.9. The van der Waals surface area contributed by atoms with Crippen LogP contribution in [-0.2, 0) is 17.8 Å². The molecule has 0 radical (unpaired) electrons. The summed E-state index contributed by atoms with van der Waals surface area (Å²) in [6.07, 6.45) is 3.46. The average molecular weight is 396 g/mol. The summed E-state index contributed by atoms with van der Waals surface area (Å²) in [4.78, 5) is 27.3. The highest BCUT2D eigenvalue weighted by Crippen LogP contribution is 2.23. The van der Waals surface area contributed by atoms with Crippen molar-refractivity contribution in [3.63, 3.8) is 0 Å². The van der Waals surface area contributed by atoms with E-state index in [4.69, 9.17) is 0 Å². The third kappa shape index (κ3) is 4.59. The van der Waals surface area contributed by atoms with Crippen LogP contribution in [0, 0.1) is 0 Å². The Morgan fingerprint density at radius 1 is 1.28 bits per heavy atom. The van der Waals surface area contributed by atoms with E-state index in [1.54, 1.807) is 0 Å². The van der Waals surface area contributed by atoms with E-state index in [0.29, 0.717) is 12.2 Å². The molecular formula is C21H28N6O2. The lowest BCUT2D eigenvalue weighted by atomic mass is 10.1. The minimum Gasteiger partial charge on any atom is -0.371 e. The summed E-state index contributed by atoms with van der Waals surface area (Å²) in [5, 5.41) is 16.2. The van der Waals surface area contributed by atoms with E-state index in [1.807, 2.05) is 25.1 Å². The quantitative estimate of drug-likeness (QED) is 0.596. The molecule has 1 aromatic heterocycles. The van der Waals surface area contributed by atoms with Crippen molar-refractivity contribution >= 4 is 23.2 Å². The first kappa shape index (κ1) is 19.4. The van der Waals surface area contributed by atoms with E-state index in [9.17, 15) is 9.59 Å². The molecule has 1 atom stereocenters. The summed E-state index contributed by atoms with van der Waals surface area (Å²) in [6.45, 7) is 5.47. The van der Waals surface area contributed by atoms with Crippen molar-refractivity contribution < 1.29 is 9.59 Å². The third-order valence-corrected chi connectivity index (χ3v) is 5.49. The Morgan fingerprint density at radius 2 is 2.10 bits per heavy atom. The number of carbonyl (C=O) groups is 2. The van der Waals surface area contributed by atoms with Crippen molar-refractivity contribution in [2.24, 2.45) is 0 Å². The summed E-state index contributed by atoms with van der Waals surface area (Å²) < 4.78 is 0. The Morgan fingerprint density at radius 3 is 2.93 bits per heavy atom. The van der Waals surface area contributed by atoms with Crippen LogP contribution < -0.4 is 20.9 Å². The number of nitrogens with zero attached hydrogens (tertiary/aromatic N) is 2. The van der Waals surface area contributed by atoms with Crippen LogP contribution in [0.5, 0.6) is 0 Å². The van der Waals surface area contributed by atoms with Gasteiger partial charge in [-0.05, 0) is 38.0 Å². The third-order valence-electron chi connectivity index (χ3n) is 5.49. The monoisotopic (exact) mass is 396 g/mol. The highest BCUT2D eigenvalue weighted by molar-refractivity contribution is 5.95. The van der Waals surface area contributed by atoms with Crippen LogP contribution in [0.4, 0.5) is 11.4 Å². The number of anilines is 2. The van der Waals surface area contributed by atoms with Crippen LogP contribution in [0.2, 0.25) is 0 Å². The van der Waals surface area contributed by atoms with Gasteiger partial charge in [0.2, 0.25) is 5.91 Å². The number of hydrogen-bond acceptors (Lipinski definition) is 5. The number of H-pyrrole nitrogens is 1. The summed E-state index contributed by atoms with van der Waals surface area (Å²) in [5.41, 5.74) is 4.27. The molecule has 29 heavy (non-hydrogen) atoms. The summed E-state index contributed by atoms with van der Waals surface area (Å²) in [6, 6.07) is 7.64. The van der Waals surface area contributed by atoms with Gasteiger partial charge in [-0.15, -0.1) is 0 Å². The van der Waals surface area contributed by atoms with Crippen LogP contribution in [0.25, 0.3) is 0 Å². The number of benzene rings is 1. The zero-order valence-electron chi connectivity index (χ0n) is 16.8. The molecule has 8 nitrogen and oxygen atoms in total. The molecule has 1 unspecified atom stereocenters. The van der Waals surface area contributed by atoms with Crippen LogP contribution in [0.3, 0.4) is 0 Å². The number of fused-ring (bicyclic) bond motifs is 1. The maximum absolute atomic E-state index is 12.6. The molecule has 2 amide bonds. The second kappa shape index (κ2) is 8.65. The number of rotatable bonds is 6. The Hall–Kier alpha value is -2.87. The second-order valence-electron chi connectivity index (χ2n) is 7.83. The fraction of sp³-hybridized carbons (Fsp3) is 0.476. The number of nitrogens with one attached hydrogen (secondary N) is 4. The minimum atomic E-state index is -0.298. The molecule has 0 saturated carbocycles. The van der Waals surface area contributed by atoms with Gasteiger partial charge in [-0.1, -0.05) is 6.07 Å². The van der Waals surface area contributed by atoms with Gasteiger partial charge >= 0.3 is 0 Å². The average Bonchev–Trinajstić information content (AvgIpc) is 3.38. The highest BCUT2D eigenvalue weighted by atomic mass is 16.2. The zero-order chi connectivity index (χ0) is 20.2. The maximum Gasteiger partial charge on any atom is 0.272 e. The molecule has 2 aromatic rings. The standard InChI is InChI=1S/C21H28N6O2/c1-14(23-21(29)20-17-13-22-8-7-18(17)25-26-20)11-19(28)24-15-5-4-6-16(12-15)27-9-2-3-10-27/h4-6,12,14,22H,2-3,7-11,13H2,1H3,(H,23,29)(H,24,28)(H,25,26). The first-order valence-electron chi connectivity index (χ1n) is 10.3. The molecular weight excluding hydrogens is 368 g/mol. The van der Waals surface area contributed by atoms with Crippen LogP contribution in [0.1, 0.15) is 47.9 Å². The molecule has 4 N–H and O–H groups in total. The maximum atomic E-state index is 12.6. The number of aromatic amines is 1. The van der Waals surface area contributed by atoms with Crippen molar-refractivity contribution in [2.75, 3.05) is 29.9 Å². The Balaban J connectivity index is 1.31. The number of amides is 2. The molecule has 1 fully saturated rings. The Labute approximate surface area is 170 Å². The topological polar surface area (TPSA) is 102 Å². The molecule has 1 saturated heterocycles. The molecule has 4 rings (SSSR count). The minimum absolute atomic E-state index is 0.123. The smallest absolute Gasteiger partial charge is 0.272 e. The number of hydrogen-bond donors (Lipinski definition) is 4. The van der Waals surface area contributed by atoms with Gasteiger partial charge in [0, 0.05) is 67.7 Å². The van der Waals surface area contributed by atoms with Gasteiger partial charge in [-0.25, -0.2) is 0 Å². The van der Waals surface area contributed by atoms with E-state index in [0.717, 1.165) is 48.7 Å². The molecule has 0 aliphatic carbocycles.